The fraction of sp³-hybridized carbons (Fsp3) is 0.500. The molecule has 1 aromatic carbocycles. The van der Waals surface area contributed by atoms with Crippen LogP contribution in [-0.2, 0) is 6.54 Å². The van der Waals surface area contributed by atoms with Crippen LogP contribution in [0.3, 0.4) is 0 Å². The average molecular weight is 302 g/mol. The van der Waals surface area contributed by atoms with Gasteiger partial charge in [-0.15, -0.1) is 6.42 Å². The second-order valence-electron chi connectivity index (χ2n) is 5.95. The van der Waals surface area contributed by atoms with Crippen LogP contribution in [0.5, 0.6) is 0 Å². The topological polar surface area (TPSA) is 27.0 Å². The van der Waals surface area contributed by atoms with Gasteiger partial charge in [-0.1, -0.05) is 18.9 Å². The number of halogens is 2. The average Bonchev–Trinajstić information content (AvgIpc) is 2.52. The van der Waals surface area contributed by atoms with Crippen molar-refractivity contribution in [2.24, 2.45) is 5.41 Å². The molecule has 4 heteroatoms. The Morgan fingerprint density at radius 2 is 2.27 bits per heavy atom. The van der Waals surface area contributed by atoms with Crippen molar-refractivity contribution in [3.8, 4) is 18.4 Å². The molecule has 2 nitrogen and oxygen atoms in total. The van der Waals surface area contributed by atoms with Crippen LogP contribution in [0.25, 0.3) is 0 Å². The van der Waals surface area contributed by atoms with Crippen molar-refractivity contribution in [2.45, 2.75) is 38.9 Å². The highest BCUT2D eigenvalue weighted by atomic mass is 19.1. The molecule has 2 atom stereocenters. The van der Waals surface area contributed by atoms with E-state index in [2.05, 4.69) is 12.0 Å². The van der Waals surface area contributed by atoms with Gasteiger partial charge in [0.05, 0.1) is 6.07 Å². The van der Waals surface area contributed by atoms with Gasteiger partial charge >= 0.3 is 0 Å². The van der Waals surface area contributed by atoms with Gasteiger partial charge < -0.3 is 0 Å². The Bertz CT molecular complexity index is 614. The Morgan fingerprint density at radius 3 is 2.82 bits per heavy atom. The minimum Gasteiger partial charge on any atom is -0.296 e. The minimum absolute atomic E-state index is 0.240. The SMILES string of the molecule is C#Cc1ccc(CN2CCC(CC)(CC#N)C(F)C2)c(F)c1. The molecular formula is C18H20F2N2. The van der Waals surface area contributed by atoms with Crippen LogP contribution in [-0.4, -0.2) is 24.2 Å². The number of hydrogen-bond acceptors (Lipinski definition) is 2. The van der Waals surface area contributed by atoms with Crippen LogP contribution < -0.4 is 0 Å². The lowest BCUT2D eigenvalue weighted by molar-refractivity contribution is 0.00300. The van der Waals surface area contributed by atoms with E-state index in [1.54, 1.807) is 12.1 Å². The third-order valence-electron chi connectivity index (χ3n) is 4.76. The highest BCUT2D eigenvalue weighted by molar-refractivity contribution is 5.35. The lowest BCUT2D eigenvalue weighted by Gasteiger charge is -2.42. The second kappa shape index (κ2) is 6.90. The first-order chi connectivity index (χ1) is 10.5. The molecule has 1 aromatic rings. The molecule has 2 rings (SSSR count). The summed E-state index contributed by atoms with van der Waals surface area (Å²) < 4.78 is 28.5. The third kappa shape index (κ3) is 3.29. The molecule has 1 aliphatic heterocycles. The summed E-state index contributed by atoms with van der Waals surface area (Å²) in [5, 5.41) is 8.92. The van der Waals surface area contributed by atoms with Crippen LogP contribution in [0.1, 0.15) is 37.3 Å². The first-order valence-corrected chi connectivity index (χ1v) is 7.53. The van der Waals surface area contributed by atoms with E-state index in [-0.39, 0.29) is 18.8 Å². The van der Waals surface area contributed by atoms with Gasteiger partial charge in [-0.3, -0.25) is 4.90 Å². The first kappa shape index (κ1) is 16.5. The quantitative estimate of drug-likeness (QED) is 0.794. The highest BCUT2D eigenvalue weighted by Gasteiger charge is 2.42. The smallest absolute Gasteiger partial charge is 0.128 e. The van der Waals surface area contributed by atoms with Gasteiger partial charge in [0.15, 0.2) is 0 Å². The van der Waals surface area contributed by atoms with Crippen molar-refractivity contribution >= 4 is 0 Å². The number of rotatable bonds is 4. The van der Waals surface area contributed by atoms with Gasteiger partial charge in [-0.25, -0.2) is 8.78 Å². The van der Waals surface area contributed by atoms with Crippen LogP contribution in [0.2, 0.25) is 0 Å². The Hall–Kier alpha value is -1.91. The van der Waals surface area contributed by atoms with Crippen LogP contribution in [0, 0.1) is 34.9 Å². The maximum Gasteiger partial charge on any atom is 0.128 e. The Balaban J connectivity index is 2.06. The van der Waals surface area contributed by atoms with E-state index in [1.165, 1.54) is 6.07 Å². The molecule has 0 amide bonds. The van der Waals surface area contributed by atoms with Crippen LogP contribution in [0.4, 0.5) is 8.78 Å². The van der Waals surface area contributed by atoms with E-state index in [1.807, 2.05) is 11.8 Å². The largest absolute Gasteiger partial charge is 0.296 e. The van der Waals surface area contributed by atoms with Crippen LogP contribution in [0.15, 0.2) is 18.2 Å². The van der Waals surface area contributed by atoms with Gasteiger partial charge in [0, 0.05) is 36.1 Å². The van der Waals surface area contributed by atoms with Crippen molar-refractivity contribution in [3.63, 3.8) is 0 Å². The van der Waals surface area contributed by atoms with Crippen molar-refractivity contribution in [3.05, 3.63) is 35.1 Å². The zero-order valence-corrected chi connectivity index (χ0v) is 12.8. The normalized spacial score (nSPS) is 25.4. The Labute approximate surface area is 130 Å². The number of terminal acetylenes is 1. The molecule has 0 aliphatic carbocycles. The zero-order valence-electron chi connectivity index (χ0n) is 12.8. The molecule has 0 N–H and O–H groups in total. The van der Waals surface area contributed by atoms with E-state index < -0.39 is 11.6 Å². The summed E-state index contributed by atoms with van der Waals surface area (Å²) in [6.07, 6.45) is 5.71. The van der Waals surface area contributed by atoms with E-state index >= 15 is 0 Å². The maximum absolute atomic E-state index is 14.5. The molecule has 0 aromatic heterocycles. The monoisotopic (exact) mass is 302 g/mol. The summed E-state index contributed by atoms with van der Waals surface area (Å²) in [6.45, 7) is 3.21. The van der Waals surface area contributed by atoms with Crippen LogP contribution >= 0.6 is 0 Å². The molecular weight excluding hydrogens is 282 g/mol. The van der Waals surface area contributed by atoms with E-state index in [0.29, 0.717) is 37.1 Å². The van der Waals surface area contributed by atoms with Gasteiger partial charge in [-0.05, 0) is 31.5 Å². The number of nitrogens with zero attached hydrogens (tertiary/aromatic N) is 2. The summed E-state index contributed by atoms with van der Waals surface area (Å²) in [5.41, 5.74) is 0.481. The highest BCUT2D eigenvalue weighted by Crippen LogP contribution is 2.40. The first-order valence-electron chi connectivity index (χ1n) is 7.53. The molecule has 1 fully saturated rings. The Kier molecular flexibility index (Phi) is 5.16. The molecule has 2 unspecified atom stereocenters. The number of hydrogen-bond donors (Lipinski definition) is 0. The van der Waals surface area contributed by atoms with E-state index in [9.17, 15) is 8.78 Å². The summed E-state index contributed by atoms with van der Waals surface area (Å²) >= 11 is 0. The number of nitriles is 1. The minimum atomic E-state index is -1.06. The Morgan fingerprint density at radius 1 is 1.50 bits per heavy atom. The lowest BCUT2D eigenvalue weighted by atomic mass is 9.72. The molecule has 0 saturated carbocycles. The van der Waals surface area contributed by atoms with Gasteiger partial charge in [0.2, 0.25) is 0 Å². The fourth-order valence-electron chi connectivity index (χ4n) is 3.08. The van der Waals surface area contributed by atoms with Crippen molar-refractivity contribution in [1.29, 1.82) is 5.26 Å². The van der Waals surface area contributed by atoms with E-state index in [4.69, 9.17) is 11.7 Å². The van der Waals surface area contributed by atoms with Crippen molar-refractivity contribution in [2.75, 3.05) is 13.1 Å². The number of likely N-dealkylation sites (tertiary alicyclic amines) is 1. The van der Waals surface area contributed by atoms with Gasteiger partial charge in [0.25, 0.3) is 0 Å². The summed E-state index contributed by atoms with van der Waals surface area (Å²) in [6, 6.07) is 6.80. The van der Waals surface area contributed by atoms with E-state index in [0.717, 1.165) is 0 Å². The number of piperidine rings is 1. The standard InChI is InChI=1S/C18H20F2N2/c1-3-14-5-6-15(16(19)11-14)12-22-10-8-18(4-2,7-9-21)17(20)13-22/h1,5-6,11,17H,4,7-8,10,12-13H2,2H3. The molecule has 1 saturated heterocycles. The fourth-order valence-corrected chi connectivity index (χ4v) is 3.08. The number of benzene rings is 1. The van der Waals surface area contributed by atoms with Gasteiger partial charge in [-0.2, -0.15) is 5.26 Å². The second-order valence-corrected chi connectivity index (χ2v) is 5.95. The molecule has 0 spiro atoms. The lowest BCUT2D eigenvalue weighted by Crippen LogP contribution is -2.48. The molecule has 1 aliphatic rings. The zero-order chi connectivity index (χ0) is 16.2. The molecule has 1 heterocycles. The molecule has 116 valence electrons. The molecule has 0 radical (unpaired) electrons. The van der Waals surface area contributed by atoms with Crippen molar-refractivity contribution in [1.82, 2.24) is 4.90 Å². The number of alkyl halides is 1. The molecule has 0 bridgehead atoms. The summed E-state index contributed by atoms with van der Waals surface area (Å²) in [5.74, 6) is 2.04. The van der Waals surface area contributed by atoms with Crippen molar-refractivity contribution < 1.29 is 8.78 Å². The van der Waals surface area contributed by atoms with Gasteiger partial charge in [0.1, 0.15) is 12.0 Å². The maximum atomic E-state index is 14.5. The predicted molar refractivity (Wildman–Crippen MR) is 82.1 cm³/mol. The predicted octanol–water partition coefficient (Wildman–Crippen LogP) is 3.66. The summed E-state index contributed by atoms with van der Waals surface area (Å²) in [4.78, 5) is 1.91. The molecule has 22 heavy (non-hydrogen) atoms. The third-order valence-corrected chi connectivity index (χ3v) is 4.76. The summed E-state index contributed by atoms with van der Waals surface area (Å²) in [7, 11) is 0.